The van der Waals surface area contributed by atoms with E-state index < -0.39 is 12.2 Å². The molecule has 0 radical (unpaired) electrons. The number of unbranched alkanes of at least 4 members (excludes halogenated alkanes) is 2. The van der Waals surface area contributed by atoms with Crippen LogP contribution in [0.2, 0.25) is 0 Å². The number of phenols is 2. The molecule has 4 aromatic rings. The molecule has 0 aliphatic rings. The molecule has 1 aromatic heterocycles. The van der Waals surface area contributed by atoms with Crippen molar-refractivity contribution in [3.63, 3.8) is 0 Å². The standard InChI is InChI=1S/C43H59N3O8/c1-5-9-14-30(7-3)24-51-26-33(47)28-53-35-18-20-37(39(49)22-35)42-44-41(32-16-12-11-13-17-32)45-43(46-42)38-21-19-36(23-40(38)50)54-29-34(48)27-52-25-31(8-4)15-10-6-2/h11-13,16-23,30-31,33-34,47-50H,5-10,14-15,24-29H2,1-4H3. The van der Waals surface area contributed by atoms with E-state index in [0.29, 0.717) is 53.5 Å². The number of ether oxygens (including phenoxy) is 4. The van der Waals surface area contributed by atoms with Crippen molar-refractivity contribution in [3.8, 4) is 57.2 Å². The van der Waals surface area contributed by atoms with Gasteiger partial charge in [-0.25, -0.2) is 15.0 Å². The molecule has 0 spiro atoms. The number of aliphatic hydroxyl groups excluding tert-OH is 2. The maximum Gasteiger partial charge on any atom is 0.167 e. The lowest BCUT2D eigenvalue weighted by molar-refractivity contribution is -0.00112. The van der Waals surface area contributed by atoms with Gasteiger partial charge in [-0.1, -0.05) is 96.6 Å². The van der Waals surface area contributed by atoms with Crippen molar-refractivity contribution >= 4 is 0 Å². The maximum absolute atomic E-state index is 11.1. The Labute approximate surface area is 320 Å². The summed E-state index contributed by atoms with van der Waals surface area (Å²) in [4.78, 5) is 14.0. The van der Waals surface area contributed by atoms with E-state index in [2.05, 4.69) is 42.6 Å². The first-order valence-electron chi connectivity index (χ1n) is 19.5. The summed E-state index contributed by atoms with van der Waals surface area (Å²) >= 11 is 0. The zero-order valence-corrected chi connectivity index (χ0v) is 32.3. The second-order valence-corrected chi connectivity index (χ2v) is 13.9. The van der Waals surface area contributed by atoms with Gasteiger partial charge in [0.15, 0.2) is 17.5 Å². The van der Waals surface area contributed by atoms with E-state index in [1.807, 2.05) is 30.3 Å². The van der Waals surface area contributed by atoms with Gasteiger partial charge < -0.3 is 39.4 Å². The van der Waals surface area contributed by atoms with Crippen molar-refractivity contribution in [2.24, 2.45) is 11.8 Å². The molecule has 54 heavy (non-hydrogen) atoms. The van der Waals surface area contributed by atoms with Gasteiger partial charge in [-0.05, 0) is 48.9 Å². The van der Waals surface area contributed by atoms with Crippen molar-refractivity contribution in [1.82, 2.24) is 15.0 Å². The van der Waals surface area contributed by atoms with Crippen LogP contribution >= 0.6 is 0 Å². The van der Waals surface area contributed by atoms with Crippen LogP contribution in [-0.2, 0) is 9.47 Å². The minimum atomic E-state index is -0.822. The molecule has 0 aliphatic heterocycles. The molecule has 0 fully saturated rings. The van der Waals surface area contributed by atoms with E-state index in [0.717, 1.165) is 44.1 Å². The van der Waals surface area contributed by atoms with Gasteiger partial charge in [0.1, 0.15) is 48.4 Å². The number of aromatic hydroxyl groups is 2. The van der Waals surface area contributed by atoms with Crippen molar-refractivity contribution < 1.29 is 39.4 Å². The first-order valence-corrected chi connectivity index (χ1v) is 19.5. The highest BCUT2D eigenvalue weighted by Gasteiger charge is 2.19. The molecule has 1 heterocycles. The molecular weight excluding hydrogens is 686 g/mol. The van der Waals surface area contributed by atoms with Crippen molar-refractivity contribution in [2.45, 2.75) is 91.3 Å². The highest BCUT2D eigenvalue weighted by atomic mass is 16.5. The zero-order chi connectivity index (χ0) is 38.7. The van der Waals surface area contributed by atoms with E-state index in [4.69, 9.17) is 18.9 Å². The van der Waals surface area contributed by atoms with Crippen LogP contribution in [-0.4, -0.2) is 87.2 Å². The Balaban J connectivity index is 1.43. The Kier molecular flexibility index (Phi) is 17.9. The summed E-state index contributed by atoms with van der Waals surface area (Å²) in [7, 11) is 0. The summed E-state index contributed by atoms with van der Waals surface area (Å²) in [6, 6.07) is 18.9. The quantitative estimate of drug-likeness (QED) is 0.0518. The average molecular weight is 746 g/mol. The molecule has 11 heteroatoms. The van der Waals surface area contributed by atoms with Crippen LogP contribution < -0.4 is 9.47 Å². The normalized spacial score (nSPS) is 13.7. The Bertz CT molecular complexity index is 1570. The molecule has 3 aromatic carbocycles. The van der Waals surface area contributed by atoms with Crippen molar-refractivity contribution in [3.05, 3.63) is 66.7 Å². The fraction of sp³-hybridized carbons (Fsp3) is 0.512. The number of phenolic OH excluding ortho intramolecular Hbond substituents is 2. The lowest BCUT2D eigenvalue weighted by Gasteiger charge is -2.17. The Morgan fingerprint density at radius 3 is 1.39 bits per heavy atom. The first kappa shape index (κ1) is 42.5. The zero-order valence-electron chi connectivity index (χ0n) is 32.3. The van der Waals surface area contributed by atoms with E-state index >= 15 is 0 Å². The second kappa shape index (κ2) is 22.8. The predicted octanol–water partition coefficient (Wildman–Crippen LogP) is 8.23. The van der Waals surface area contributed by atoms with Gasteiger partial charge >= 0.3 is 0 Å². The maximum atomic E-state index is 11.1. The molecule has 4 rings (SSSR count). The minimum absolute atomic E-state index is 0.00281. The third kappa shape index (κ3) is 13.5. The van der Waals surface area contributed by atoms with Crippen LogP contribution in [0, 0.1) is 11.8 Å². The number of hydrogen-bond donors (Lipinski definition) is 4. The van der Waals surface area contributed by atoms with Gasteiger partial charge in [0.25, 0.3) is 0 Å². The minimum Gasteiger partial charge on any atom is -0.507 e. The Morgan fingerprint density at radius 2 is 0.981 bits per heavy atom. The lowest BCUT2D eigenvalue weighted by atomic mass is 10.0. The summed E-state index contributed by atoms with van der Waals surface area (Å²) < 4.78 is 23.1. The first-order chi connectivity index (χ1) is 26.2. The molecule has 4 N–H and O–H groups in total. The molecule has 294 valence electrons. The number of rotatable bonds is 25. The molecule has 0 aliphatic carbocycles. The van der Waals surface area contributed by atoms with Crippen LogP contribution in [0.1, 0.15) is 79.1 Å². The van der Waals surface area contributed by atoms with Crippen LogP contribution in [0.3, 0.4) is 0 Å². The van der Waals surface area contributed by atoms with E-state index in [-0.39, 0.29) is 49.6 Å². The van der Waals surface area contributed by atoms with Crippen LogP contribution in [0.15, 0.2) is 66.7 Å². The fourth-order valence-electron chi connectivity index (χ4n) is 5.93. The van der Waals surface area contributed by atoms with Gasteiger partial charge in [0.2, 0.25) is 0 Å². The summed E-state index contributed by atoms with van der Waals surface area (Å²) in [5.74, 6) is 2.16. The van der Waals surface area contributed by atoms with Gasteiger partial charge in [0, 0.05) is 30.9 Å². The summed E-state index contributed by atoms with van der Waals surface area (Å²) in [6.07, 6.45) is 7.30. The average Bonchev–Trinajstić information content (AvgIpc) is 3.19. The fourth-order valence-corrected chi connectivity index (χ4v) is 5.93. The number of hydrogen-bond acceptors (Lipinski definition) is 11. The molecule has 11 nitrogen and oxygen atoms in total. The number of aromatic nitrogens is 3. The largest absolute Gasteiger partial charge is 0.507 e. The SMILES string of the molecule is CCCCC(CC)COCC(O)COc1ccc(-c2nc(-c3ccccc3)nc(-c3ccc(OCC(O)COCC(CC)CCCC)cc3O)n2)c(O)c1. The third-order valence-corrected chi connectivity index (χ3v) is 9.39. The molecule has 4 unspecified atom stereocenters. The predicted molar refractivity (Wildman–Crippen MR) is 211 cm³/mol. The summed E-state index contributed by atoms with van der Waals surface area (Å²) in [5.41, 5.74) is 1.38. The highest BCUT2D eigenvalue weighted by molar-refractivity contribution is 5.72. The molecule has 0 amide bonds. The van der Waals surface area contributed by atoms with E-state index in [1.165, 1.54) is 25.0 Å². The van der Waals surface area contributed by atoms with Crippen molar-refractivity contribution in [2.75, 3.05) is 39.6 Å². The van der Waals surface area contributed by atoms with Crippen LogP contribution in [0.5, 0.6) is 23.0 Å². The molecule has 4 atom stereocenters. The highest BCUT2D eigenvalue weighted by Crippen LogP contribution is 2.35. The van der Waals surface area contributed by atoms with Gasteiger partial charge in [-0.2, -0.15) is 0 Å². The number of benzene rings is 3. The lowest BCUT2D eigenvalue weighted by Crippen LogP contribution is -2.25. The van der Waals surface area contributed by atoms with Crippen LogP contribution in [0.4, 0.5) is 0 Å². The Morgan fingerprint density at radius 1 is 0.537 bits per heavy atom. The van der Waals surface area contributed by atoms with Crippen LogP contribution in [0.25, 0.3) is 34.2 Å². The van der Waals surface area contributed by atoms with E-state index in [1.54, 1.807) is 24.3 Å². The van der Waals surface area contributed by atoms with Gasteiger partial charge in [-0.15, -0.1) is 0 Å². The van der Waals surface area contributed by atoms with Crippen molar-refractivity contribution in [1.29, 1.82) is 0 Å². The Hall–Kier alpha value is -4.29. The van der Waals surface area contributed by atoms with Gasteiger partial charge in [0.05, 0.1) is 24.3 Å². The number of aliphatic hydroxyl groups is 2. The number of nitrogens with zero attached hydrogens (tertiary/aromatic N) is 3. The smallest absolute Gasteiger partial charge is 0.167 e. The summed E-state index contributed by atoms with van der Waals surface area (Å²) in [6.45, 7) is 10.2. The summed E-state index contributed by atoms with van der Waals surface area (Å²) in [5, 5.41) is 43.1. The molecule has 0 bridgehead atoms. The third-order valence-electron chi connectivity index (χ3n) is 9.39. The van der Waals surface area contributed by atoms with Gasteiger partial charge in [-0.3, -0.25) is 0 Å². The topological polar surface area (TPSA) is 157 Å². The molecule has 0 saturated heterocycles. The monoisotopic (exact) mass is 745 g/mol. The molecule has 0 saturated carbocycles. The molecular formula is C43H59N3O8. The van der Waals surface area contributed by atoms with E-state index in [9.17, 15) is 20.4 Å². The second-order valence-electron chi connectivity index (χ2n) is 13.9.